The van der Waals surface area contributed by atoms with Crippen molar-refractivity contribution in [1.82, 2.24) is 9.97 Å². The van der Waals surface area contributed by atoms with E-state index in [1.165, 1.54) is 6.07 Å². The van der Waals surface area contributed by atoms with Crippen LogP contribution in [0.25, 0.3) is 11.1 Å². The molecule has 0 amide bonds. The Hall–Kier alpha value is -2.61. The molecule has 1 saturated heterocycles. The normalized spacial score (nSPS) is 15.0. The number of aromatic nitrogens is 2. The second-order valence-electron chi connectivity index (χ2n) is 5.34. The van der Waals surface area contributed by atoms with Crippen molar-refractivity contribution < 1.29 is 18.7 Å². The third-order valence-corrected chi connectivity index (χ3v) is 3.50. The molecule has 1 atom stereocenters. The van der Waals surface area contributed by atoms with Gasteiger partial charge in [-0.25, -0.2) is 18.7 Å². The summed E-state index contributed by atoms with van der Waals surface area (Å²) in [7, 11) is 0. The standard InChI is InChI=1S/C16H16F2N4O2/c17-12(9-23)10-24-21-13-7-22(8-13)16-19-5-11(6-20-16)14-3-1-2-4-15(14)18/h1-6,12,23H,7-10H2. The van der Waals surface area contributed by atoms with Crippen LogP contribution in [0.2, 0.25) is 0 Å². The van der Waals surface area contributed by atoms with Crippen LogP contribution in [0.4, 0.5) is 14.7 Å². The lowest BCUT2D eigenvalue weighted by Gasteiger charge is -2.31. The topological polar surface area (TPSA) is 70.8 Å². The minimum Gasteiger partial charge on any atom is -0.393 e. The van der Waals surface area contributed by atoms with Crippen LogP contribution < -0.4 is 4.90 Å². The van der Waals surface area contributed by atoms with Crippen LogP contribution >= 0.6 is 0 Å². The van der Waals surface area contributed by atoms with E-state index in [4.69, 9.17) is 9.94 Å². The number of hydrogen-bond acceptors (Lipinski definition) is 6. The van der Waals surface area contributed by atoms with E-state index in [0.717, 1.165) is 5.71 Å². The van der Waals surface area contributed by atoms with Crippen LogP contribution in [-0.2, 0) is 4.84 Å². The van der Waals surface area contributed by atoms with Crippen LogP contribution in [0.3, 0.4) is 0 Å². The van der Waals surface area contributed by atoms with E-state index in [9.17, 15) is 8.78 Å². The highest BCUT2D eigenvalue weighted by Crippen LogP contribution is 2.22. The fourth-order valence-electron chi connectivity index (χ4n) is 2.17. The van der Waals surface area contributed by atoms with Crippen molar-refractivity contribution in [3.8, 4) is 11.1 Å². The van der Waals surface area contributed by atoms with Gasteiger partial charge in [-0.05, 0) is 6.07 Å². The van der Waals surface area contributed by atoms with Crippen LogP contribution in [0.15, 0.2) is 41.8 Å². The zero-order chi connectivity index (χ0) is 16.9. The summed E-state index contributed by atoms with van der Waals surface area (Å²) in [4.78, 5) is 15.1. The third-order valence-electron chi connectivity index (χ3n) is 3.50. The summed E-state index contributed by atoms with van der Waals surface area (Å²) in [5, 5.41) is 12.3. The number of nitrogens with zero attached hydrogens (tertiary/aromatic N) is 4. The molecular formula is C16H16F2N4O2. The first kappa shape index (κ1) is 16.3. The molecule has 2 aromatic rings. The molecule has 0 bridgehead atoms. The van der Waals surface area contributed by atoms with Crippen molar-refractivity contribution in [3.05, 3.63) is 42.5 Å². The van der Waals surface area contributed by atoms with E-state index in [1.807, 2.05) is 4.90 Å². The van der Waals surface area contributed by atoms with Crippen molar-refractivity contribution in [2.45, 2.75) is 6.17 Å². The van der Waals surface area contributed by atoms with E-state index in [1.54, 1.807) is 30.6 Å². The van der Waals surface area contributed by atoms with Crippen LogP contribution in [0.1, 0.15) is 0 Å². The van der Waals surface area contributed by atoms with Gasteiger partial charge in [-0.15, -0.1) is 0 Å². The predicted octanol–water partition coefficient (Wildman–Crippen LogP) is 1.81. The third kappa shape index (κ3) is 3.65. The molecule has 1 aromatic carbocycles. The molecule has 126 valence electrons. The quantitative estimate of drug-likeness (QED) is 0.816. The number of rotatable bonds is 6. The number of aliphatic hydroxyl groups is 1. The average Bonchev–Trinajstić information content (AvgIpc) is 2.57. The molecule has 1 aliphatic rings. The number of oxime groups is 1. The molecule has 6 nitrogen and oxygen atoms in total. The van der Waals surface area contributed by atoms with Crippen molar-refractivity contribution in [2.24, 2.45) is 5.16 Å². The van der Waals surface area contributed by atoms with E-state index in [0.29, 0.717) is 30.2 Å². The van der Waals surface area contributed by atoms with Gasteiger partial charge >= 0.3 is 0 Å². The van der Waals surface area contributed by atoms with Crippen LogP contribution in [0, 0.1) is 5.82 Å². The zero-order valence-electron chi connectivity index (χ0n) is 12.8. The first-order chi connectivity index (χ1) is 11.7. The Morgan fingerprint density at radius 1 is 1.25 bits per heavy atom. The summed E-state index contributed by atoms with van der Waals surface area (Å²) in [6.07, 6.45) is 1.71. The maximum Gasteiger partial charge on any atom is 0.225 e. The van der Waals surface area contributed by atoms with Gasteiger partial charge in [-0.3, -0.25) is 0 Å². The minimum atomic E-state index is -1.43. The van der Waals surface area contributed by atoms with Crippen molar-refractivity contribution in [2.75, 3.05) is 31.2 Å². The van der Waals surface area contributed by atoms with Gasteiger partial charge in [0.2, 0.25) is 5.95 Å². The van der Waals surface area contributed by atoms with Crippen LogP contribution in [0.5, 0.6) is 0 Å². The molecule has 1 aliphatic heterocycles. The summed E-state index contributed by atoms with van der Waals surface area (Å²) < 4.78 is 26.5. The Kier molecular flexibility index (Phi) is 4.95. The molecule has 1 N–H and O–H groups in total. The van der Waals surface area contributed by atoms with Crippen molar-refractivity contribution >= 4 is 11.7 Å². The van der Waals surface area contributed by atoms with Gasteiger partial charge in [0, 0.05) is 23.5 Å². The SMILES string of the molecule is OCC(F)CON=C1CN(c2ncc(-c3ccccc3F)cn2)C1. The molecule has 24 heavy (non-hydrogen) atoms. The Bertz CT molecular complexity index is 716. The largest absolute Gasteiger partial charge is 0.393 e. The van der Waals surface area contributed by atoms with E-state index < -0.39 is 12.8 Å². The predicted molar refractivity (Wildman–Crippen MR) is 85.0 cm³/mol. The van der Waals surface area contributed by atoms with Gasteiger partial charge in [0.1, 0.15) is 5.82 Å². The number of benzene rings is 1. The molecule has 3 rings (SSSR count). The summed E-state index contributed by atoms with van der Waals surface area (Å²) in [5.74, 6) is 0.186. The summed E-state index contributed by atoms with van der Waals surface area (Å²) in [6.45, 7) is 0.108. The molecule has 8 heteroatoms. The molecule has 0 saturated carbocycles. The van der Waals surface area contributed by atoms with Crippen molar-refractivity contribution in [1.29, 1.82) is 0 Å². The lowest BCUT2D eigenvalue weighted by molar-refractivity contribution is 0.0554. The zero-order valence-corrected chi connectivity index (χ0v) is 12.8. The van der Waals surface area contributed by atoms with E-state index >= 15 is 0 Å². The Balaban J connectivity index is 1.57. The Labute approximate surface area is 137 Å². The van der Waals surface area contributed by atoms with Crippen molar-refractivity contribution in [3.63, 3.8) is 0 Å². The lowest BCUT2D eigenvalue weighted by atomic mass is 10.1. The van der Waals surface area contributed by atoms with Gasteiger partial charge in [0.05, 0.1) is 25.4 Å². The number of aliphatic hydroxyl groups excluding tert-OH is 1. The fourth-order valence-corrected chi connectivity index (χ4v) is 2.17. The molecule has 0 radical (unpaired) electrons. The fraction of sp³-hybridized carbons (Fsp3) is 0.312. The number of anilines is 1. The molecule has 0 spiro atoms. The highest BCUT2D eigenvalue weighted by Gasteiger charge is 2.25. The minimum absolute atomic E-state index is 0.270. The van der Waals surface area contributed by atoms with Gasteiger partial charge in [-0.2, -0.15) is 0 Å². The maximum atomic E-state index is 13.7. The monoisotopic (exact) mass is 334 g/mol. The Morgan fingerprint density at radius 3 is 2.62 bits per heavy atom. The van der Waals surface area contributed by atoms with E-state index in [-0.39, 0.29) is 12.4 Å². The second-order valence-corrected chi connectivity index (χ2v) is 5.34. The summed E-state index contributed by atoms with van der Waals surface area (Å²) in [5.41, 5.74) is 1.79. The van der Waals surface area contributed by atoms with Gasteiger partial charge in [0.25, 0.3) is 0 Å². The highest BCUT2D eigenvalue weighted by atomic mass is 19.1. The number of halogens is 2. The average molecular weight is 334 g/mol. The molecule has 0 aliphatic carbocycles. The molecule has 1 fully saturated rings. The first-order valence-electron chi connectivity index (χ1n) is 7.42. The number of hydrogen-bond donors (Lipinski definition) is 1. The highest BCUT2D eigenvalue weighted by molar-refractivity contribution is 5.98. The molecule has 1 aromatic heterocycles. The van der Waals surface area contributed by atoms with Crippen LogP contribution in [-0.4, -0.2) is 53.3 Å². The maximum absolute atomic E-state index is 13.7. The first-order valence-corrected chi connectivity index (χ1v) is 7.42. The van der Waals surface area contributed by atoms with E-state index in [2.05, 4.69) is 15.1 Å². The number of alkyl halides is 1. The molecular weight excluding hydrogens is 318 g/mol. The smallest absolute Gasteiger partial charge is 0.225 e. The molecule has 2 heterocycles. The van der Waals surface area contributed by atoms with Gasteiger partial charge in [0.15, 0.2) is 12.8 Å². The van der Waals surface area contributed by atoms with Gasteiger partial charge in [-0.1, -0.05) is 23.4 Å². The molecule has 1 unspecified atom stereocenters. The summed E-state index contributed by atoms with van der Waals surface area (Å²) in [6, 6.07) is 6.44. The van der Waals surface area contributed by atoms with Gasteiger partial charge < -0.3 is 14.8 Å². The lowest BCUT2D eigenvalue weighted by Crippen LogP contribution is -2.48. The Morgan fingerprint density at radius 2 is 1.96 bits per heavy atom. The summed E-state index contributed by atoms with van der Waals surface area (Å²) >= 11 is 0. The second kappa shape index (κ2) is 7.31.